The fourth-order valence-corrected chi connectivity index (χ4v) is 3.37. The average molecular weight is 331 g/mol. The van der Waals surface area contributed by atoms with Crippen LogP contribution in [0.3, 0.4) is 0 Å². The highest BCUT2D eigenvalue weighted by atomic mass is 16.5. The number of urea groups is 1. The van der Waals surface area contributed by atoms with Gasteiger partial charge in [0.15, 0.2) is 0 Å². The van der Waals surface area contributed by atoms with Crippen LogP contribution in [0.1, 0.15) is 25.3 Å². The van der Waals surface area contributed by atoms with E-state index in [0.29, 0.717) is 19.7 Å². The zero-order valence-corrected chi connectivity index (χ0v) is 14.1. The molecule has 24 heavy (non-hydrogen) atoms. The van der Waals surface area contributed by atoms with Crippen LogP contribution in [0.4, 0.5) is 4.79 Å². The number of carbonyl (C=O) groups is 2. The lowest BCUT2D eigenvalue weighted by atomic mass is 10.0. The monoisotopic (exact) mass is 331 g/mol. The van der Waals surface area contributed by atoms with E-state index in [-0.39, 0.29) is 18.0 Å². The third kappa shape index (κ3) is 3.87. The lowest BCUT2D eigenvalue weighted by molar-refractivity contribution is -0.145. The highest BCUT2D eigenvalue weighted by molar-refractivity contribution is 5.81. The van der Waals surface area contributed by atoms with Gasteiger partial charge in [-0.1, -0.05) is 30.3 Å². The standard InChI is InChI=1S/C18H25N3O3/c1-14(24-13-15-6-3-2-4-7-15)17(22)20-10-5-8-16(12-20)21-11-9-19-18(21)23/h2-4,6-7,14,16H,5,8-13H2,1H3,(H,19,23)/t14-,16-/m1/s1. The molecular weight excluding hydrogens is 306 g/mol. The number of nitrogens with one attached hydrogen (secondary N) is 1. The summed E-state index contributed by atoms with van der Waals surface area (Å²) in [6.07, 6.45) is 1.40. The Morgan fingerprint density at radius 1 is 1.33 bits per heavy atom. The second-order valence-corrected chi connectivity index (χ2v) is 6.44. The van der Waals surface area contributed by atoms with Gasteiger partial charge in [0.2, 0.25) is 0 Å². The summed E-state index contributed by atoms with van der Waals surface area (Å²) in [5.41, 5.74) is 1.06. The summed E-state index contributed by atoms with van der Waals surface area (Å²) in [4.78, 5) is 28.2. The first-order valence-electron chi connectivity index (χ1n) is 8.64. The Morgan fingerprint density at radius 2 is 2.12 bits per heavy atom. The van der Waals surface area contributed by atoms with Crippen molar-refractivity contribution in [2.45, 2.75) is 38.5 Å². The first-order valence-corrected chi connectivity index (χ1v) is 8.64. The number of hydrogen-bond acceptors (Lipinski definition) is 3. The summed E-state index contributed by atoms with van der Waals surface area (Å²) < 4.78 is 5.74. The predicted octanol–water partition coefficient (Wildman–Crippen LogP) is 1.61. The Hall–Kier alpha value is -2.08. The maximum atomic E-state index is 12.6. The van der Waals surface area contributed by atoms with Gasteiger partial charge in [-0.05, 0) is 25.3 Å². The maximum Gasteiger partial charge on any atom is 0.317 e. The lowest BCUT2D eigenvalue weighted by Gasteiger charge is -2.38. The highest BCUT2D eigenvalue weighted by Gasteiger charge is 2.34. The Bertz CT molecular complexity index is 578. The van der Waals surface area contributed by atoms with Crippen molar-refractivity contribution in [3.05, 3.63) is 35.9 Å². The Morgan fingerprint density at radius 3 is 2.83 bits per heavy atom. The molecule has 2 aliphatic heterocycles. The molecule has 0 bridgehead atoms. The van der Waals surface area contributed by atoms with Crippen LogP contribution in [-0.2, 0) is 16.1 Å². The molecule has 2 fully saturated rings. The van der Waals surface area contributed by atoms with E-state index in [2.05, 4.69) is 5.32 Å². The van der Waals surface area contributed by atoms with Crippen LogP contribution in [-0.4, -0.2) is 60.1 Å². The van der Waals surface area contributed by atoms with Crippen molar-refractivity contribution < 1.29 is 14.3 Å². The fraction of sp³-hybridized carbons (Fsp3) is 0.556. The minimum Gasteiger partial charge on any atom is -0.364 e. The quantitative estimate of drug-likeness (QED) is 0.892. The molecule has 2 atom stereocenters. The van der Waals surface area contributed by atoms with Crippen molar-refractivity contribution >= 4 is 11.9 Å². The van der Waals surface area contributed by atoms with Gasteiger partial charge in [0.1, 0.15) is 6.10 Å². The van der Waals surface area contributed by atoms with E-state index in [1.54, 1.807) is 6.92 Å². The first kappa shape index (κ1) is 16.8. The van der Waals surface area contributed by atoms with Crippen LogP contribution in [0.2, 0.25) is 0 Å². The van der Waals surface area contributed by atoms with Gasteiger partial charge in [-0.2, -0.15) is 0 Å². The predicted molar refractivity (Wildman–Crippen MR) is 90.4 cm³/mol. The minimum absolute atomic E-state index is 0.00948. The van der Waals surface area contributed by atoms with E-state index in [1.807, 2.05) is 40.1 Å². The molecule has 0 spiro atoms. The first-order chi connectivity index (χ1) is 11.6. The number of likely N-dealkylation sites (tertiary alicyclic amines) is 1. The smallest absolute Gasteiger partial charge is 0.317 e. The topological polar surface area (TPSA) is 61.9 Å². The molecule has 0 unspecified atom stereocenters. The molecule has 130 valence electrons. The summed E-state index contributed by atoms with van der Waals surface area (Å²) in [6.45, 7) is 5.00. The van der Waals surface area contributed by atoms with Crippen LogP contribution in [0.25, 0.3) is 0 Å². The van der Waals surface area contributed by atoms with Gasteiger partial charge < -0.3 is 19.9 Å². The molecular formula is C18H25N3O3. The van der Waals surface area contributed by atoms with E-state index < -0.39 is 6.10 Å². The van der Waals surface area contributed by atoms with Crippen molar-refractivity contribution in [1.29, 1.82) is 0 Å². The summed E-state index contributed by atoms with van der Waals surface area (Å²) in [6, 6.07) is 9.96. The number of amides is 3. The number of ether oxygens (including phenoxy) is 1. The van der Waals surface area contributed by atoms with Crippen LogP contribution in [0, 0.1) is 0 Å². The van der Waals surface area contributed by atoms with Crippen molar-refractivity contribution in [1.82, 2.24) is 15.1 Å². The van der Waals surface area contributed by atoms with Crippen LogP contribution in [0.15, 0.2) is 30.3 Å². The summed E-state index contributed by atoms with van der Waals surface area (Å²) in [7, 11) is 0. The van der Waals surface area contributed by atoms with Crippen molar-refractivity contribution in [2.75, 3.05) is 26.2 Å². The third-order valence-electron chi connectivity index (χ3n) is 4.73. The Labute approximate surface area is 142 Å². The molecule has 1 aromatic rings. The van der Waals surface area contributed by atoms with Gasteiger partial charge >= 0.3 is 6.03 Å². The van der Waals surface area contributed by atoms with Gasteiger partial charge in [-0.3, -0.25) is 4.79 Å². The van der Waals surface area contributed by atoms with Crippen molar-refractivity contribution in [3.8, 4) is 0 Å². The zero-order valence-electron chi connectivity index (χ0n) is 14.1. The second kappa shape index (κ2) is 7.66. The van der Waals surface area contributed by atoms with Gasteiger partial charge in [-0.15, -0.1) is 0 Å². The van der Waals surface area contributed by atoms with Crippen LogP contribution in [0.5, 0.6) is 0 Å². The molecule has 6 heteroatoms. The molecule has 2 aliphatic rings. The van der Waals surface area contributed by atoms with E-state index in [0.717, 1.165) is 31.5 Å². The Kier molecular flexibility index (Phi) is 5.35. The molecule has 2 saturated heterocycles. The number of benzene rings is 1. The van der Waals surface area contributed by atoms with Gasteiger partial charge in [0, 0.05) is 26.2 Å². The molecule has 0 aliphatic carbocycles. The van der Waals surface area contributed by atoms with E-state index >= 15 is 0 Å². The van der Waals surface area contributed by atoms with Crippen molar-refractivity contribution in [3.63, 3.8) is 0 Å². The number of nitrogens with zero attached hydrogens (tertiary/aromatic N) is 2. The zero-order chi connectivity index (χ0) is 16.9. The van der Waals surface area contributed by atoms with Crippen molar-refractivity contribution in [2.24, 2.45) is 0 Å². The molecule has 6 nitrogen and oxygen atoms in total. The van der Waals surface area contributed by atoms with E-state index in [9.17, 15) is 9.59 Å². The molecule has 0 aromatic heterocycles. The molecule has 0 radical (unpaired) electrons. The SMILES string of the molecule is C[C@@H](OCc1ccccc1)C(=O)N1CCC[C@@H](N2CCNC2=O)C1. The van der Waals surface area contributed by atoms with Gasteiger partial charge in [0.25, 0.3) is 5.91 Å². The highest BCUT2D eigenvalue weighted by Crippen LogP contribution is 2.19. The summed E-state index contributed by atoms with van der Waals surface area (Å²) in [5, 5.41) is 2.83. The summed E-state index contributed by atoms with van der Waals surface area (Å²) in [5.74, 6) is 0.00948. The largest absolute Gasteiger partial charge is 0.364 e. The number of piperidine rings is 1. The average Bonchev–Trinajstić information content (AvgIpc) is 3.06. The number of carbonyl (C=O) groups excluding carboxylic acids is 2. The molecule has 3 rings (SSSR count). The van der Waals surface area contributed by atoms with E-state index in [4.69, 9.17) is 4.74 Å². The third-order valence-corrected chi connectivity index (χ3v) is 4.73. The fourth-order valence-electron chi connectivity index (χ4n) is 3.37. The summed E-state index contributed by atoms with van der Waals surface area (Å²) >= 11 is 0. The van der Waals surface area contributed by atoms with E-state index in [1.165, 1.54) is 0 Å². The minimum atomic E-state index is -0.476. The number of rotatable bonds is 5. The molecule has 0 saturated carbocycles. The van der Waals surface area contributed by atoms with Crippen LogP contribution < -0.4 is 5.32 Å². The molecule has 1 aromatic carbocycles. The van der Waals surface area contributed by atoms with Crippen LogP contribution >= 0.6 is 0 Å². The molecule has 3 amide bonds. The number of hydrogen-bond donors (Lipinski definition) is 1. The maximum absolute atomic E-state index is 12.6. The van der Waals surface area contributed by atoms with Gasteiger partial charge in [0.05, 0.1) is 12.6 Å². The molecule has 2 heterocycles. The second-order valence-electron chi connectivity index (χ2n) is 6.44. The Balaban J connectivity index is 1.52. The normalized spacial score (nSPS) is 22.4. The van der Waals surface area contributed by atoms with Gasteiger partial charge in [-0.25, -0.2) is 4.79 Å². The lowest BCUT2D eigenvalue weighted by Crippen LogP contribution is -2.52. The molecule has 1 N–H and O–H groups in total.